The number of thiophene rings is 1. The summed E-state index contributed by atoms with van der Waals surface area (Å²) < 4.78 is 0. The van der Waals surface area contributed by atoms with Gasteiger partial charge in [0, 0.05) is 17.1 Å². The minimum atomic E-state index is -0.837. The molecule has 1 aliphatic rings. The van der Waals surface area contributed by atoms with Gasteiger partial charge in [-0.25, -0.2) is 4.79 Å². The van der Waals surface area contributed by atoms with E-state index in [9.17, 15) is 9.90 Å². The van der Waals surface area contributed by atoms with Gasteiger partial charge in [-0.15, -0.1) is 11.3 Å². The smallest absolute Gasteiger partial charge is 0.331 e. The Kier molecular flexibility index (Phi) is 3.40. The Hall–Kier alpha value is -2.32. The van der Waals surface area contributed by atoms with E-state index in [0.29, 0.717) is 12.1 Å². The van der Waals surface area contributed by atoms with Gasteiger partial charge in [-0.3, -0.25) is 0 Å². The van der Waals surface area contributed by atoms with Gasteiger partial charge in [-0.05, 0) is 54.1 Å². The Labute approximate surface area is 126 Å². The third-order valence-corrected chi connectivity index (χ3v) is 4.86. The van der Waals surface area contributed by atoms with Crippen molar-refractivity contribution in [2.24, 2.45) is 0 Å². The molecule has 21 heavy (non-hydrogen) atoms. The fourth-order valence-corrected chi connectivity index (χ4v) is 3.72. The molecule has 0 spiro atoms. The number of anilines is 1. The highest BCUT2D eigenvalue weighted by molar-refractivity contribution is 7.10. The summed E-state index contributed by atoms with van der Waals surface area (Å²) in [6, 6.07) is 8.88. The Morgan fingerprint density at radius 2 is 2.29 bits per heavy atom. The van der Waals surface area contributed by atoms with Crippen LogP contribution in [0.1, 0.15) is 27.6 Å². The molecule has 0 aliphatic carbocycles. The number of hydrogen-bond acceptors (Lipinski definition) is 4. The van der Waals surface area contributed by atoms with Crippen LogP contribution in [0.25, 0.3) is 0 Å². The zero-order valence-electron chi connectivity index (χ0n) is 11.5. The summed E-state index contributed by atoms with van der Waals surface area (Å²) >= 11 is 1.62. The predicted octanol–water partition coefficient (Wildman–Crippen LogP) is 3.12. The van der Waals surface area contributed by atoms with E-state index in [4.69, 9.17) is 5.26 Å². The van der Waals surface area contributed by atoms with Gasteiger partial charge in [0.2, 0.25) is 0 Å². The van der Waals surface area contributed by atoms with E-state index in [2.05, 4.69) is 6.07 Å². The van der Waals surface area contributed by atoms with Crippen molar-refractivity contribution in [2.45, 2.75) is 19.4 Å². The lowest BCUT2D eigenvalue weighted by Gasteiger charge is -2.35. The van der Waals surface area contributed by atoms with Crippen molar-refractivity contribution < 1.29 is 9.90 Å². The first-order chi connectivity index (χ1) is 10.1. The standard InChI is InChI=1S/C16H14N2O2S/c1-10-8-12(3-2-11(10)9-17)18-6-4-14-13(5-7-21-14)15(18)16(19)20/h2-3,5,7-8,15H,4,6H2,1H3,(H,19,20). The monoisotopic (exact) mass is 298 g/mol. The summed E-state index contributed by atoms with van der Waals surface area (Å²) in [5, 5.41) is 20.6. The van der Waals surface area contributed by atoms with Gasteiger partial charge in [0.25, 0.3) is 0 Å². The quantitative estimate of drug-likeness (QED) is 0.925. The summed E-state index contributed by atoms with van der Waals surface area (Å²) in [5.74, 6) is -0.837. The van der Waals surface area contributed by atoms with Crippen LogP contribution in [0.3, 0.4) is 0 Å². The molecular formula is C16H14N2O2S. The molecule has 0 amide bonds. The minimum absolute atomic E-state index is 0.624. The highest BCUT2D eigenvalue weighted by Crippen LogP contribution is 2.37. The summed E-state index contributed by atoms with van der Waals surface area (Å²) in [5.41, 5.74) is 3.24. The van der Waals surface area contributed by atoms with E-state index in [-0.39, 0.29) is 0 Å². The molecule has 4 nitrogen and oxygen atoms in total. The molecule has 2 aromatic rings. The number of hydrogen-bond donors (Lipinski definition) is 1. The second kappa shape index (κ2) is 5.23. The zero-order chi connectivity index (χ0) is 15.0. The van der Waals surface area contributed by atoms with E-state index in [1.807, 2.05) is 35.4 Å². The van der Waals surface area contributed by atoms with Crippen LogP contribution in [0, 0.1) is 18.3 Å². The first-order valence-electron chi connectivity index (χ1n) is 6.68. The fraction of sp³-hybridized carbons (Fsp3) is 0.250. The van der Waals surface area contributed by atoms with Crippen LogP contribution in [-0.2, 0) is 11.2 Å². The van der Waals surface area contributed by atoms with Crippen LogP contribution >= 0.6 is 11.3 Å². The number of nitriles is 1. The number of benzene rings is 1. The van der Waals surface area contributed by atoms with Gasteiger partial charge in [-0.1, -0.05) is 0 Å². The fourth-order valence-electron chi connectivity index (χ4n) is 2.81. The second-order valence-corrected chi connectivity index (χ2v) is 6.09. The highest BCUT2D eigenvalue weighted by atomic mass is 32.1. The summed E-state index contributed by atoms with van der Waals surface area (Å²) in [6.07, 6.45) is 0.857. The van der Waals surface area contributed by atoms with Crippen molar-refractivity contribution >= 4 is 23.0 Å². The van der Waals surface area contributed by atoms with Crippen molar-refractivity contribution in [1.82, 2.24) is 0 Å². The second-order valence-electron chi connectivity index (χ2n) is 5.09. The molecule has 1 unspecified atom stereocenters. The summed E-state index contributed by atoms with van der Waals surface area (Å²) in [7, 11) is 0. The number of aryl methyl sites for hydroxylation is 1. The first kappa shape index (κ1) is 13.7. The average Bonchev–Trinajstić information content (AvgIpc) is 2.94. The summed E-state index contributed by atoms with van der Waals surface area (Å²) in [4.78, 5) is 14.8. The first-order valence-corrected chi connectivity index (χ1v) is 7.56. The maximum absolute atomic E-state index is 11.7. The van der Waals surface area contributed by atoms with Crippen LogP contribution in [0.4, 0.5) is 5.69 Å². The molecule has 0 bridgehead atoms. The lowest BCUT2D eigenvalue weighted by molar-refractivity contribution is -0.138. The molecule has 1 aromatic heterocycles. The third-order valence-electron chi connectivity index (χ3n) is 3.86. The lowest BCUT2D eigenvalue weighted by Crippen LogP contribution is -2.39. The van der Waals surface area contributed by atoms with Crippen molar-refractivity contribution in [3.8, 4) is 6.07 Å². The highest BCUT2D eigenvalue weighted by Gasteiger charge is 2.33. The zero-order valence-corrected chi connectivity index (χ0v) is 12.4. The van der Waals surface area contributed by atoms with Crippen LogP contribution in [-0.4, -0.2) is 17.6 Å². The molecule has 0 radical (unpaired) electrons. The largest absolute Gasteiger partial charge is 0.479 e. The van der Waals surface area contributed by atoms with Gasteiger partial charge in [0.15, 0.2) is 6.04 Å². The van der Waals surface area contributed by atoms with E-state index < -0.39 is 12.0 Å². The Morgan fingerprint density at radius 3 is 2.95 bits per heavy atom. The Balaban J connectivity index is 2.04. The molecule has 2 heterocycles. The maximum atomic E-state index is 11.7. The van der Waals surface area contributed by atoms with Crippen molar-refractivity contribution in [3.63, 3.8) is 0 Å². The third kappa shape index (κ3) is 2.28. The van der Waals surface area contributed by atoms with E-state index in [1.54, 1.807) is 17.4 Å². The average molecular weight is 298 g/mol. The lowest BCUT2D eigenvalue weighted by atomic mass is 9.98. The van der Waals surface area contributed by atoms with Crippen LogP contribution in [0.2, 0.25) is 0 Å². The van der Waals surface area contributed by atoms with Crippen molar-refractivity contribution in [2.75, 3.05) is 11.4 Å². The normalized spacial score (nSPS) is 17.1. The van der Waals surface area contributed by atoms with E-state index >= 15 is 0 Å². The molecular weight excluding hydrogens is 284 g/mol. The molecule has 5 heteroatoms. The maximum Gasteiger partial charge on any atom is 0.331 e. The number of carboxylic acids is 1. The van der Waals surface area contributed by atoms with Gasteiger partial charge < -0.3 is 10.0 Å². The SMILES string of the molecule is Cc1cc(N2CCc3sccc3C2C(=O)O)ccc1C#N. The number of nitrogens with zero attached hydrogens (tertiary/aromatic N) is 2. The Morgan fingerprint density at radius 1 is 1.48 bits per heavy atom. The van der Waals surface area contributed by atoms with Crippen molar-refractivity contribution in [3.05, 3.63) is 51.2 Å². The predicted molar refractivity (Wildman–Crippen MR) is 81.6 cm³/mol. The van der Waals surface area contributed by atoms with Crippen LogP contribution in [0.15, 0.2) is 29.6 Å². The number of carbonyl (C=O) groups is 1. The Bertz CT molecular complexity index is 745. The molecule has 0 saturated carbocycles. The van der Waals surface area contributed by atoms with Crippen LogP contribution in [0.5, 0.6) is 0 Å². The molecule has 1 aliphatic heterocycles. The molecule has 1 atom stereocenters. The molecule has 0 saturated heterocycles. The molecule has 1 N–H and O–H groups in total. The van der Waals surface area contributed by atoms with Gasteiger partial charge >= 0.3 is 5.97 Å². The van der Waals surface area contributed by atoms with Crippen molar-refractivity contribution in [1.29, 1.82) is 5.26 Å². The minimum Gasteiger partial charge on any atom is -0.479 e. The molecule has 1 aromatic carbocycles. The summed E-state index contributed by atoms with van der Waals surface area (Å²) in [6.45, 7) is 2.55. The number of fused-ring (bicyclic) bond motifs is 1. The molecule has 3 rings (SSSR count). The number of carboxylic acid groups (broad SMARTS) is 1. The van der Waals surface area contributed by atoms with E-state index in [1.165, 1.54) is 0 Å². The van der Waals surface area contributed by atoms with E-state index in [0.717, 1.165) is 28.1 Å². The van der Waals surface area contributed by atoms with Crippen LogP contribution < -0.4 is 4.90 Å². The number of aliphatic carboxylic acids is 1. The van der Waals surface area contributed by atoms with Gasteiger partial charge in [0.05, 0.1) is 11.6 Å². The molecule has 0 fully saturated rings. The molecule has 106 valence electrons. The van der Waals surface area contributed by atoms with Gasteiger partial charge in [0.1, 0.15) is 0 Å². The number of rotatable bonds is 2. The van der Waals surface area contributed by atoms with Gasteiger partial charge in [-0.2, -0.15) is 5.26 Å². The topological polar surface area (TPSA) is 64.3 Å².